The molecule has 8 nitrogen and oxygen atoms in total. The molecule has 198 valence electrons. The van der Waals surface area contributed by atoms with Crippen molar-refractivity contribution in [3.63, 3.8) is 0 Å². The van der Waals surface area contributed by atoms with E-state index in [0.29, 0.717) is 0 Å². The Morgan fingerprint density at radius 3 is 1.79 bits per heavy atom. The zero-order chi connectivity index (χ0) is 27.9. The van der Waals surface area contributed by atoms with Gasteiger partial charge in [0.05, 0.1) is 22.9 Å². The molecule has 0 unspecified atom stereocenters. The van der Waals surface area contributed by atoms with Gasteiger partial charge in [0.1, 0.15) is 32.8 Å². The van der Waals surface area contributed by atoms with E-state index in [1.807, 2.05) is 0 Å². The maximum Gasteiger partial charge on any atom is 0.214 e. The molecule has 0 radical (unpaired) electrons. The maximum absolute atomic E-state index is 14.6. The van der Waals surface area contributed by atoms with Gasteiger partial charge < -0.3 is 0 Å². The van der Waals surface area contributed by atoms with Crippen molar-refractivity contribution in [1.82, 2.24) is 9.97 Å². The standard InChI is InChI=1S/C27H18F2N2O6S2/c28-18-10-2-1-3-12-22(18)38(34,35)14-20-21(15-39(36,37)23-13-7-6-11-19(23)29)31-25-24(30-20)26(32)16-8-4-5-9-17(16)27(25)33/h2-13H,1,14-15H2. The Bertz CT molecular complexity index is 1880. The van der Waals surface area contributed by atoms with Gasteiger partial charge in [-0.05, 0) is 30.7 Å². The summed E-state index contributed by atoms with van der Waals surface area (Å²) < 4.78 is 81.8. The molecule has 39 heavy (non-hydrogen) atoms. The van der Waals surface area contributed by atoms with Gasteiger partial charge in [-0.3, -0.25) is 9.59 Å². The number of halogens is 2. The van der Waals surface area contributed by atoms with Crippen LogP contribution in [0.1, 0.15) is 49.9 Å². The monoisotopic (exact) mass is 568 g/mol. The summed E-state index contributed by atoms with van der Waals surface area (Å²) in [5.41, 5.74) is -1.82. The third-order valence-corrected chi connectivity index (χ3v) is 9.41. The van der Waals surface area contributed by atoms with Crippen LogP contribution in [0.25, 0.3) is 0 Å². The van der Waals surface area contributed by atoms with E-state index < -0.39 is 87.0 Å². The molecule has 5 rings (SSSR count). The van der Waals surface area contributed by atoms with Crippen LogP contribution < -0.4 is 0 Å². The van der Waals surface area contributed by atoms with Crippen LogP contribution >= 0.6 is 0 Å². The number of hydrogen-bond donors (Lipinski definition) is 0. The molecule has 0 fully saturated rings. The summed E-state index contributed by atoms with van der Waals surface area (Å²) in [6, 6.07) is 10.4. The van der Waals surface area contributed by atoms with Gasteiger partial charge in [-0.15, -0.1) is 0 Å². The topological polar surface area (TPSA) is 128 Å². The SMILES string of the molecule is O=C1c2ccccc2C(=O)c2nc(CS(=O)(=O)c3ccccc3F)c(CS(=O)(=O)C3=C(F)C=CCC=C3)nc21. The minimum Gasteiger partial charge on any atom is -0.287 e. The fourth-order valence-corrected chi connectivity index (χ4v) is 7.05. The normalized spacial score (nSPS) is 15.2. The second-order valence-corrected chi connectivity index (χ2v) is 12.6. The van der Waals surface area contributed by atoms with Crippen LogP contribution in [0.15, 0.2) is 88.5 Å². The van der Waals surface area contributed by atoms with Crippen LogP contribution in [0, 0.1) is 5.82 Å². The fourth-order valence-electron chi connectivity index (χ4n) is 4.24. The summed E-state index contributed by atoms with van der Waals surface area (Å²) in [7, 11) is -8.94. The number of fused-ring (bicyclic) bond motifs is 2. The number of nitrogens with zero attached hydrogens (tertiary/aromatic N) is 2. The highest BCUT2D eigenvalue weighted by atomic mass is 32.2. The van der Waals surface area contributed by atoms with Crippen LogP contribution in [-0.4, -0.2) is 38.4 Å². The smallest absolute Gasteiger partial charge is 0.214 e. The van der Waals surface area contributed by atoms with Crippen molar-refractivity contribution in [3.8, 4) is 0 Å². The molecule has 0 N–H and O–H groups in total. The Morgan fingerprint density at radius 1 is 0.692 bits per heavy atom. The molecule has 0 amide bonds. The van der Waals surface area contributed by atoms with E-state index in [1.165, 1.54) is 48.6 Å². The molecule has 0 spiro atoms. The van der Waals surface area contributed by atoms with E-state index in [0.717, 1.165) is 24.3 Å². The Kier molecular flexibility index (Phi) is 6.69. The van der Waals surface area contributed by atoms with Gasteiger partial charge >= 0.3 is 0 Å². The Labute approximate surface area is 222 Å². The van der Waals surface area contributed by atoms with Gasteiger partial charge in [0.15, 0.2) is 19.7 Å². The molecule has 0 saturated carbocycles. The summed E-state index contributed by atoms with van der Waals surface area (Å²) >= 11 is 0. The van der Waals surface area contributed by atoms with Crippen LogP contribution in [0.5, 0.6) is 0 Å². The number of sulfone groups is 2. The fraction of sp³-hybridized carbons (Fsp3) is 0.111. The summed E-state index contributed by atoms with van der Waals surface area (Å²) in [6.07, 6.45) is 5.21. The van der Waals surface area contributed by atoms with Crippen LogP contribution in [0.2, 0.25) is 0 Å². The predicted molar refractivity (Wildman–Crippen MR) is 136 cm³/mol. The van der Waals surface area contributed by atoms with Gasteiger partial charge in [-0.25, -0.2) is 35.6 Å². The van der Waals surface area contributed by atoms with Gasteiger partial charge in [0.2, 0.25) is 11.6 Å². The average molecular weight is 569 g/mol. The zero-order valence-corrected chi connectivity index (χ0v) is 21.6. The van der Waals surface area contributed by atoms with Crippen molar-refractivity contribution in [2.75, 3.05) is 0 Å². The van der Waals surface area contributed by atoms with Gasteiger partial charge in [-0.1, -0.05) is 48.6 Å². The number of benzene rings is 2. The molecular weight excluding hydrogens is 550 g/mol. The number of rotatable bonds is 6. The summed E-state index contributed by atoms with van der Waals surface area (Å²) in [5, 5.41) is 0. The molecule has 2 aromatic carbocycles. The van der Waals surface area contributed by atoms with E-state index in [1.54, 1.807) is 0 Å². The molecule has 0 atom stereocenters. The third kappa shape index (κ3) is 4.88. The molecule has 0 bridgehead atoms. The van der Waals surface area contributed by atoms with Crippen LogP contribution in [0.4, 0.5) is 8.78 Å². The summed E-state index contributed by atoms with van der Waals surface area (Å²) in [5.74, 6) is -5.55. The highest BCUT2D eigenvalue weighted by Crippen LogP contribution is 2.30. The van der Waals surface area contributed by atoms with Crippen molar-refractivity contribution in [2.24, 2.45) is 0 Å². The lowest BCUT2D eigenvalue weighted by molar-refractivity contribution is 0.0971. The molecule has 1 aromatic heterocycles. The second-order valence-electron chi connectivity index (χ2n) is 8.72. The van der Waals surface area contributed by atoms with E-state index in [9.17, 15) is 35.2 Å². The number of hydrogen-bond acceptors (Lipinski definition) is 8. The van der Waals surface area contributed by atoms with Gasteiger partial charge in [0, 0.05) is 11.1 Å². The highest BCUT2D eigenvalue weighted by Gasteiger charge is 2.35. The van der Waals surface area contributed by atoms with Gasteiger partial charge in [-0.2, -0.15) is 0 Å². The summed E-state index contributed by atoms with van der Waals surface area (Å²) in [6.45, 7) is 0. The van der Waals surface area contributed by atoms with E-state index in [4.69, 9.17) is 0 Å². The first-order valence-corrected chi connectivity index (χ1v) is 14.8. The van der Waals surface area contributed by atoms with Crippen molar-refractivity contribution >= 4 is 31.2 Å². The van der Waals surface area contributed by atoms with Crippen LogP contribution in [0.3, 0.4) is 0 Å². The Morgan fingerprint density at radius 2 is 1.21 bits per heavy atom. The molecule has 3 aromatic rings. The van der Waals surface area contributed by atoms with Gasteiger partial charge in [0.25, 0.3) is 0 Å². The lowest BCUT2D eigenvalue weighted by Gasteiger charge is -2.19. The number of carbonyl (C=O) groups is 2. The molecule has 2 aliphatic rings. The quantitative estimate of drug-likeness (QED) is 0.342. The predicted octanol–water partition coefficient (Wildman–Crippen LogP) is 3.98. The second kappa shape index (κ2) is 9.86. The first kappa shape index (κ1) is 26.4. The Hall–Kier alpha value is -4.16. The molecule has 1 heterocycles. The number of ketones is 2. The van der Waals surface area contributed by atoms with Crippen molar-refractivity contribution in [2.45, 2.75) is 22.8 Å². The minimum absolute atomic E-state index is 0.0233. The van der Waals surface area contributed by atoms with E-state index >= 15 is 0 Å². The molecule has 0 aliphatic heterocycles. The molecule has 0 saturated heterocycles. The zero-order valence-electron chi connectivity index (χ0n) is 20.0. The van der Waals surface area contributed by atoms with Crippen molar-refractivity contribution in [1.29, 1.82) is 0 Å². The number of carbonyl (C=O) groups excluding carboxylic acids is 2. The largest absolute Gasteiger partial charge is 0.287 e. The molecule has 12 heteroatoms. The van der Waals surface area contributed by atoms with E-state index in [2.05, 4.69) is 9.97 Å². The molecular formula is C27H18F2N2O6S2. The van der Waals surface area contributed by atoms with Crippen molar-refractivity contribution < 1.29 is 35.2 Å². The number of allylic oxidation sites excluding steroid dienone is 5. The maximum atomic E-state index is 14.6. The van der Waals surface area contributed by atoms with E-state index in [-0.39, 0.29) is 17.5 Å². The van der Waals surface area contributed by atoms with Crippen LogP contribution in [-0.2, 0) is 31.2 Å². The third-order valence-electron chi connectivity index (χ3n) is 6.10. The average Bonchev–Trinajstić information content (AvgIpc) is 3.12. The first-order valence-electron chi connectivity index (χ1n) is 11.5. The number of aromatic nitrogens is 2. The summed E-state index contributed by atoms with van der Waals surface area (Å²) in [4.78, 5) is 33.2. The molecule has 2 aliphatic carbocycles. The lowest BCUT2D eigenvalue weighted by atomic mass is 9.89. The van der Waals surface area contributed by atoms with Crippen molar-refractivity contribution in [3.05, 3.63) is 123 Å². The Balaban J connectivity index is 1.68. The first-order chi connectivity index (χ1) is 18.5. The lowest BCUT2D eigenvalue weighted by Crippen LogP contribution is -2.27. The minimum atomic E-state index is -4.48. The highest BCUT2D eigenvalue weighted by molar-refractivity contribution is 7.94.